The maximum Gasteiger partial charge on any atom is 0.00203 e. The zero-order chi connectivity index (χ0) is 15.1. The first kappa shape index (κ1) is 16.3. The van der Waals surface area contributed by atoms with Gasteiger partial charge in [0.1, 0.15) is 0 Å². The van der Waals surface area contributed by atoms with Crippen molar-refractivity contribution in [1.82, 2.24) is 5.32 Å². The van der Waals surface area contributed by atoms with Crippen molar-refractivity contribution in [3.05, 3.63) is 57.8 Å². The molecule has 1 heterocycles. The molecule has 1 nitrogen and oxygen atoms in total. The third kappa shape index (κ3) is 5.64. The number of aryl methyl sites for hydroxylation is 2. The lowest BCUT2D eigenvalue weighted by atomic mass is 9.91. The zero-order valence-electron chi connectivity index (χ0n) is 13.4. The van der Waals surface area contributed by atoms with Crippen LogP contribution in [0.2, 0.25) is 0 Å². The SMILES string of the molecule is Cc1cccc(C(CCc2ccsc2)CNCC(C)C)c1. The van der Waals surface area contributed by atoms with Crippen molar-refractivity contribution in [2.45, 2.75) is 39.5 Å². The molecule has 2 heteroatoms. The minimum Gasteiger partial charge on any atom is -0.316 e. The summed E-state index contributed by atoms with van der Waals surface area (Å²) in [5.74, 6) is 1.31. The van der Waals surface area contributed by atoms with Crippen molar-refractivity contribution in [1.29, 1.82) is 0 Å². The first-order valence-corrected chi connectivity index (χ1v) is 8.88. The summed E-state index contributed by atoms with van der Waals surface area (Å²) in [7, 11) is 0. The quantitative estimate of drug-likeness (QED) is 0.722. The molecule has 114 valence electrons. The monoisotopic (exact) mass is 301 g/mol. The molecule has 21 heavy (non-hydrogen) atoms. The number of hydrogen-bond donors (Lipinski definition) is 1. The van der Waals surface area contributed by atoms with Crippen LogP contribution >= 0.6 is 11.3 Å². The van der Waals surface area contributed by atoms with Crippen LogP contribution in [0.5, 0.6) is 0 Å². The molecule has 0 spiro atoms. The molecule has 1 aromatic carbocycles. The van der Waals surface area contributed by atoms with E-state index in [-0.39, 0.29) is 0 Å². The lowest BCUT2D eigenvalue weighted by Crippen LogP contribution is -2.25. The van der Waals surface area contributed by atoms with Crippen molar-refractivity contribution in [3.63, 3.8) is 0 Å². The molecule has 0 radical (unpaired) electrons. The van der Waals surface area contributed by atoms with Crippen molar-refractivity contribution in [3.8, 4) is 0 Å². The van der Waals surface area contributed by atoms with Gasteiger partial charge in [-0.3, -0.25) is 0 Å². The molecular weight excluding hydrogens is 274 g/mol. The number of rotatable bonds is 8. The Bertz CT molecular complexity index is 516. The number of benzene rings is 1. The van der Waals surface area contributed by atoms with E-state index in [0.29, 0.717) is 11.8 Å². The highest BCUT2D eigenvalue weighted by atomic mass is 32.1. The fraction of sp³-hybridized carbons (Fsp3) is 0.474. The molecule has 0 saturated heterocycles. The van der Waals surface area contributed by atoms with Crippen LogP contribution in [-0.2, 0) is 6.42 Å². The second-order valence-electron chi connectivity index (χ2n) is 6.33. The van der Waals surface area contributed by atoms with Gasteiger partial charge in [-0.25, -0.2) is 0 Å². The number of nitrogens with one attached hydrogen (secondary N) is 1. The topological polar surface area (TPSA) is 12.0 Å². The van der Waals surface area contributed by atoms with E-state index < -0.39 is 0 Å². The van der Waals surface area contributed by atoms with Crippen LogP contribution in [-0.4, -0.2) is 13.1 Å². The van der Waals surface area contributed by atoms with Gasteiger partial charge in [-0.2, -0.15) is 11.3 Å². The highest BCUT2D eigenvalue weighted by Gasteiger charge is 2.12. The molecule has 0 bridgehead atoms. The minimum atomic E-state index is 0.601. The summed E-state index contributed by atoms with van der Waals surface area (Å²) in [5.41, 5.74) is 4.31. The van der Waals surface area contributed by atoms with Gasteiger partial charge in [0.2, 0.25) is 0 Å². The average molecular weight is 301 g/mol. The highest BCUT2D eigenvalue weighted by Crippen LogP contribution is 2.23. The molecule has 0 aliphatic carbocycles. The van der Waals surface area contributed by atoms with Crippen LogP contribution in [0.1, 0.15) is 42.9 Å². The lowest BCUT2D eigenvalue weighted by molar-refractivity contribution is 0.500. The predicted molar refractivity (Wildman–Crippen MR) is 94.3 cm³/mol. The van der Waals surface area contributed by atoms with Gasteiger partial charge in [0.25, 0.3) is 0 Å². The Hall–Kier alpha value is -1.12. The minimum absolute atomic E-state index is 0.601. The lowest BCUT2D eigenvalue weighted by Gasteiger charge is -2.19. The smallest absolute Gasteiger partial charge is 0.00203 e. The summed E-state index contributed by atoms with van der Waals surface area (Å²) in [6.07, 6.45) is 2.39. The van der Waals surface area contributed by atoms with E-state index in [4.69, 9.17) is 0 Å². The molecule has 1 N–H and O–H groups in total. The fourth-order valence-electron chi connectivity index (χ4n) is 2.63. The van der Waals surface area contributed by atoms with Crippen LogP contribution in [0.4, 0.5) is 0 Å². The Kier molecular flexibility index (Phi) is 6.47. The first-order valence-electron chi connectivity index (χ1n) is 7.93. The van der Waals surface area contributed by atoms with Crippen LogP contribution in [0, 0.1) is 12.8 Å². The number of thiophene rings is 1. The van der Waals surface area contributed by atoms with Crippen LogP contribution in [0.25, 0.3) is 0 Å². The van der Waals surface area contributed by atoms with E-state index in [1.54, 1.807) is 11.3 Å². The van der Waals surface area contributed by atoms with E-state index in [1.807, 2.05) is 0 Å². The molecule has 1 atom stereocenters. The molecular formula is C19H27NS. The fourth-order valence-corrected chi connectivity index (χ4v) is 3.34. The second kappa shape index (κ2) is 8.35. The summed E-state index contributed by atoms with van der Waals surface area (Å²) < 4.78 is 0. The Labute approximate surface area is 133 Å². The summed E-state index contributed by atoms with van der Waals surface area (Å²) in [4.78, 5) is 0. The Morgan fingerprint density at radius 3 is 2.67 bits per heavy atom. The van der Waals surface area contributed by atoms with E-state index in [1.165, 1.54) is 29.5 Å². The molecule has 1 unspecified atom stereocenters. The molecule has 0 amide bonds. The van der Waals surface area contributed by atoms with Gasteiger partial charge >= 0.3 is 0 Å². The van der Waals surface area contributed by atoms with Gasteiger partial charge in [-0.1, -0.05) is 43.7 Å². The third-order valence-corrected chi connectivity index (χ3v) is 4.55. The van der Waals surface area contributed by atoms with Gasteiger partial charge in [0.05, 0.1) is 0 Å². The highest BCUT2D eigenvalue weighted by molar-refractivity contribution is 7.07. The van der Waals surface area contributed by atoms with Gasteiger partial charge in [0, 0.05) is 6.54 Å². The van der Waals surface area contributed by atoms with Gasteiger partial charge in [0.15, 0.2) is 0 Å². The molecule has 2 aromatic rings. The molecule has 0 saturated carbocycles. The molecule has 0 aliphatic rings. The van der Waals surface area contributed by atoms with E-state index in [2.05, 4.69) is 67.2 Å². The second-order valence-corrected chi connectivity index (χ2v) is 7.11. The van der Waals surface area contributed by atoms with Crippen LogP contribution in [0.15, 0.2) is 41.1 Å². The third-order valence-electron chi connectivity index (χ3n) is 3.82. The van der Waals surface area contributed by atoms with Gasteiger partial charge in [-0.15, -0.1) is 0 Å². The van der Waals surface area contributed by atoms with E-state index in [0.717, 1.165) is 13.1 Å². The van der Waals surface area contributed by atoms with Crippen LogP contribution < -0.4 is 5.32 Å². The molecule has 1 aromatic heterocycles. The van der Waals surface area contributed by atoms with Crippen molar-refractivity contribution in [2.75, 3.05) is 13.1 Å². The summed E-state index contributed by atoms with van der Waals surface area (Å²) in [6, 6.07) is 11.2. The molecule has 0 aliphatic heterocycles. The van der Waals surface area contributed by atoms with Crippen molar-refractivity contribution >= 4 is 11.3 Å². The largest absolute Gasteiger partial charge is 0.316 e. The molecule has 0 fully saturated rings. The van der Waals surface area contributed by atoms with Crippen molar-refractivity contribution in [2.24, 2.45) is 5.92 Å². The maximum atomic E-state index is 3.64. The Morgan fingerprint density at radius 1 is 1.14 bits per heavy atom. The normalized spacial score (nSPS) is 12.8. The standard InChI is InChI=1S/C19H27NS/c1-15(2)12-20-13-19(8-7-17-9-10-21-14-17)18-6-4-5-16(3)11-18/h4-6,9-11,14-15,19-20H,7-8,12-13H2,1-3H3. The number of hydrogen-bond acceptors (Lipinski definition) is 2. The maximum absolute atomic E-state index is 3.64. The Balaban J connectivity index is 1.98. The van der Waals surface area contributed by atoms with E-state index in [9.17, 15) is 0 Å². The predicted octanol–water partition coefficient (Wildman–Crippen LogP) is 5.02. The van der Waals surface area contributed by atoms with Crippen LogP contribution in [0.3, 0.4) is 0 Å². The summed E-state index contributed by atoms with van der Waals surface area (Å²) >= 11 is 1.80. The van der Waals surface area contributed by atoms with E-state index >= 15 is 0 Å². The van der Waals surface area contributed by atoms with Gasteiger partial charge < -0.3 is 5.32 Å². The average Bonchev–Trinajstić information content (AvgIpc) is 2.95. The first-order chi connectivity index (χ1) is 10.1. The zero-order valence-corrected chi connectivity index (χ0v) is 14.2. The Morgan fingerprint density at radius 2 is 2.00 bits per heavy atom. The summed E-state index contributed by atoms with van der Waals surface area (Å²) in [6.45, 7) is 8.88. The molecule has 2 rings (SSSR count). The van der Waals surface area contributed by atoms with Crippen molar-refractivity contribution < 1.29 is 0 Å². The summed E-state index contributed by atoms with van der Waals surface area (Å²) in [5, 5.41) is 8.08. The van der Waals surface area contributed by atoms with Gasteiger partial charge in [-0.05, 0) is 66.1 Å².